The van der Waals surface area contributed by atoms with Gasteiger partial charge in [-0.1, -0.05) is 45.0 Å². The lowest BCUT2D eigenvalue weighted by Gasteiger charge is -2.26. The Morgan fingerprint density at radius 3 is 2.15 bits per heavy atom. The molecule has 26 heavy (non-hydrogen) atoms. The predicted octanol–water partition coefficient (Wildman–Crippen LogP) is 2.97. The number of nitrogens with zero attached hydrogens (tertiary/aromatic N) is 1. The average molecular weight is 378 g/mol. The van der Waals surface area contributed by atoms with E-state index in [1.807, 2.05) is 20.8 Å². The standard InChI is InChI=1S/C19H23FN2O3S/c1-19(2,3)14-8-10-16(11-9-14)26(24,25)22(4)17(18(21)23)13-6-5-7-15(20)12-13/h5-12,17H,1-4H3,(H2,21,23). The van der Waals surface area contributed by atoms with E-state index in [9.17, 15) is 17.6 Å². The number of primary amides is 1. The lowest BCUT2D eigenvalue weighted by molar-refractivity contribution is -0.121. The second-order valence-corrected chi connectivity index (χ2v) is 9.15. The topological polar surface area (TPSA) is 80.5 Å². The molecule has 0 bridgehead atoms. The minimum atomic E-state index is -4.00. The summed E-state index contributed by atoms with van der Waals surface area (Å²) in [5.74, 6) is -1.46. The van der Waals surface area contributed by atoms with E-state index in [2.05, 4.69) is 0 Å². The van der Waals surface area contributed by atoms with Crippen LogP contribution in [0.5, 0.6) is 0 Å². The monoisotopic (exact) mass is 378 g/mol. The van der Waals surface area contributed by atoms with Crippen molar-refractivity contribution in [2.45, 2.75) is 37.1 Å². The first kappa shape index (κ1) is 20.1. The van der Waals surface area contributed by atoms with Crippen molar-refractivity contribution in [2.24, 2.45) is 5.73 Å². The van der Waals surface area contributed by atoms with E-state index in [-0.39, 0.29) is 15.9 Å². The van der Waals surface area contributed by atoms with Gasteiger partial charge in [-0.3, -0.25) is 4.79 Å². The van der Waals surface area contributed by atoms with Crippen LogP contribution in [0.25, 0.3) is 0 Å². The van der Waals surface area contributed by atoms with Crippen LogP contribution < -0.4 is 5.73 Å². The van der Waals surface area contributed by atoms with Gasteiger partial charge in [-0.2, -0.15) is 4.31 Å². The minimum Gasteiger partial charge on any atom is -0.368 e. The molecule has 0 aromatic heterocycles. The molecule has 2 N–H and O–H groups in total. The molecule has 0 aliphatic carbocycles. The number of benzene rings is 2. The van der Waals surface area contributed by atoms with E-state index < -0.39 is 27.8 Å². The van der Waals surface area contributed by atoms with Crippen LogP contribution in [0.15, 0.2) is 53.4 Å². The van der Waals surface area contributed by atoms with E-state index in [1.54, 1.807) is 12.1 Å². The maximum Gasteiger partial charge on any atom is 0.243 e. The number of carbonyl (C=O) groups excluding carboxylic acids is 1. The number of hydrogen-bond acceptors (Lipinski definition) is 3. The molecular weight excluding hydrogens is 355 g/mol. The Kier molecular flexibility index (Phi) is 5.53. The molecule has 0 aliphatic heterocycles. The van der Waals surface area contributed by atoms with Gasteiger partial charge in [-0.15, -0.1) is 0 Å². The highest BCUT2D eigenvalue weighted by molar-refractivity contribution is 7.89. The van der Waals surface area contributed by atoms with Crippen LogP contribution in [0.2, 0.25) is 0 Å². The molecule has 1 atom stereocenters. The summed E-state index contributed by atoms with van der Waals surface area (Å²) < 4.78 is 40.2. The van der Waals surface area contributed by atoms with Gasteiger partial charge < -0.3 is 5.73 Å². The van der Waals surface area contributed by atoms with Crippen LogP contribution in [0.4, 0.5) is 4.39 Å². The summed E-state index contributed by atoms with van der Waals surface area (Å²) in [5.41, 5.74) is 6.45. The van der Waals surface area contributed by atoms with Crippen LogP contribution in [-0.4, -0.2) is 25.7 Å². The molecule has 7 heteroatoms. The molecule has 2 aromatic carbocycles. The molecular formula is C19H23FN2O3S. The Morgan fingerprint density at radius 1 is 1.12 bits per heavy atom. The fraction of sp³-hybridized carbons (Fsp3) is 0.316. The second kappa shape index (κ2) is 7.17. The Morgan fingerprint density at radius 2 is 1.69 bits per heavy atom. The lowest BCUT2D eigenvalue weighted by atomic mass is 9.87. The number of sulfonamides is 1. The highest BCUT2D eigenvalue weighted by atomic mass is 32.2. The first-order chi connectivity index (χ1) is 11.9. The van der Waals surface area contributed by atoms with Crippen LogP contribution in [0.3, 0.4) is 0 Å². The summed E-state index contributed by atoms with van der Waals surface area (Å²) in [4.78, 5) is 11.9. The van der Waals surface area contributed by atoms with E-state index >= 15 is 0 Å². The van der Waals surface area contributed by atoms with Crippen molar-refractivity contribution >= 4 is 15.9 Å². The molecule has 0 radical (unpaired) electrons. The maximum atomic E-state index is 13.5. The number of rotatable bonds is 5. The van der Waals surface area contributed by atoms with E-state index in [0.717, 1.165) is 15.9 Å². The third kappa shape index (κ3) is 4.11. The van der Waals surface area contributed by atoms with E-state index in [1.165, 1.54) is 37.4 Å². The van der Waals surface area contributed by atoms with Gasteiger partial charge >= 0.3 is 0 Å². The Balaban J connectivity index is 2.44. The minimum absolute atomic E-state index is 0.0376. The predicted molar refractivity (Wildman–Crippen MR) is 98.4 cm³/mol. The van der Waals surface area contributed by atoms with Gasteiger partial charge in [0.1, 0.15) is 11.9 Å². The SMILES string of the molecule is CN(C(C(N)=O)c1cccc(F)c1)S(=O)(=O)c1ccc(C(C)(C)C)cc1. The largest absolute Gasteiger partial charge is 0.368 e. The van der Waals surface area contributed by atoms with E-state index in [0.29, 0.717) is 0 Å². The fourth-order valence-corrected chi connectivity index (χ4v) is 3.98. The van der Waals surface area contributed by atoms with Crippen LogP contribution in [0.1, 0.15) is 37.9 Å². The van der Waals surface area contributed by atoms with Gasteiger partial charge in [-0.05, 0) is 40.8 Å². The molecule has 2 rings (SSSR count). The highest BCUT2D eigenvalue weighted by Crippen LogP contribution is 2.28. The third-order valence-corrected chi connectivity index (χ3v) is 6.03. The van der Waals surface area contributed by atoms with Crippen molar-refractivity contribution in [3.63, 3.8) is 0 Å². The summed E-state index contributed by atoms with van der Waals surface area (Å²) in [7, 11) is -2.74. The molecule has 0 spiro atoms. The summed E-state index contributed by atoms with van der Waals surface area (Å²) in [6, 6.07) is 10.3. The van der Waals surface area contributed by atoms with Gasteiger partial charge in [0.25, 0.3) is 0 Å². The van der Waals surface area contributed by atoms with Gasteiger partial charge in [0.05, 0.1) is 4.90 Å². The van der Waals surface area contributed by atoms with Crippen LogP contribution in [-0.2, 0) is 20.2 Å². The molecule has 1 amide bonds. The molecule has 0 saturated heterocycles. The molecule has 0 saturated carbocycles. The van der Waals surface area contributed by atoms with Crippen molar-refractivity contribution in [1.82, 2.24) is 4.31 Å². The fourth-order valence-electron chi connectivity index (χ4n) is 2.66. The summed E-state index contributed by atoms with van der Waals surface area (Å²) >= 11 is 0. The smallest absolute Gasteiger partial charge is 0.243 e. The Hall–Kier alpha value is -2.25. The first-order valence-corrected chi connectivity index (χ1v) is 9.52. The molecule has 140 valence electrons. The number of nitrogens with two attached hydrogens (primary N) is 1. The van der Waals surface area contributed by atoms with Crippen molar-refractivity contribution in [2.75, 3.05) is 7.05 Å². The molecule has 1 unspecified atom stereocenters. The van der Waals surface area contributed by atoms with Crippen LogP contribution >= 0.6 is 0 Å². The summed E-state index contributed by atoms with van der Waals surface area (Å²) in [6.45, 7) is 6.07. The highest BCUT2D eigenvalue weighted by Gasteiger charge is 2.33. The number of likely N-dealkylation sites (N-methyl/N-ethyl adjacent to an activating group) is 1. The summed E-state index contributed by atoms with van der Waals surface area (Å²) in [5, 5.41) is 0. The van der Waals surface area contributed by atoms with Crippen molar-refractivity contribution in [3.05, 3.63) is 65.5 Å². The zero-order chi connectivity index (χ0) is 19.7. The summed E-state index contributed by atoms with van der Waals surface area (Å²) in [6.07, 6.45) is 0. The zero-order valence-corrected chi connectivity index (χ0v) is 16.0. The van der Waals surface area contributed by atoms with E-state index in [4.69, 9.17) is 5.73 Å². The molecule has 0 heterocycles. The zero-order valence-electron chi connectivity index (χ0n) is 15.2. The van der Waals surface area contributed by atoms with Crippen molar-refractivity contribution < 1.29 is 17.6 Å². The second-order valence-electron chi connectivity index (χ2n) is 7.16. The molecule has 2 aromatic rings. The van der Waals surface area contributed by atoms with Crippen molar-refractivity contribution in [1.29, 1.82) is 0 Å². The number of amides is 1. The normalized spacial score (nSPS) is 13.6. The van der Waals surface area contributed by atoms with Crippen LogP contribution in [0, 0.1) is 5.82 Å². The maximum absolute atomic E-state index is 13.5. The first-order valence-electron chi connectivity index (χ1n) is 8.08. The third-order valence-electron chi connectivity index (χ3n) is 4.19. The van der Waals surface area contributed by atoms with Gasteiger partial charge in [0.15, 0.2) is 0 Å². The Bertz CT molecular complexity index is 903. The molecule has 0 fully saturated rings. The van der Waals surface area contributed by atoms with Gasteiger partial charge in [0.2, 0.25) is 15.9 Å². The lowest BCUT2D eigenvalue weighted by Crippen LogP contribution is -2.39. The number of halogens is 1. The van der Waals surface area contributed by atoms with Gasteiger partial charge in [0, 0.05) is 7.05 Å². The molecule has 5 nitrogen and oxygen atoms in total. The molecule has 0 aliphatic rings. The Labute approximate surface area is 153 Å². The number of hydrogen-bond donors (Lipinski definition) is 1. The quantitative estimate of drug-likeness (QED) is 0.868. The average Bonchev–Trinajstić information content (AvgIpc) is 2.54. The number of carbonyl (C=O) groups is 1. The van der Waals surface area contributed by atoms with Crippen molar-refractivity contribution in [3.8, 4) is 0 Å². The van der Waals surface area contributed by atoms with Gasteiger partial charge in [-0.25, -0.2) is 12.8 Å².